The van der Waals surface area contributed by atoms with E-state index in [1.165, 1.54) is 19.3 Å². The minimum atomic E-state index is -0.277. The van der Waals surface area contributed by atoms with Crippen LogP contribution in [0.5, 0.6) is 0 Å². The summed E-state index contributed by atoms with van der Waals surface area (Å²) in [5.41, 5.74) is -0.277. The molecular formula is C14H27N3O. The number of amides is 1. The van der Waals surface area contributed by atoms with Gasteiger partial charge in [-0.2, -0.15) is 0 Å². The SMILES string of the molecule is CC(C)(CN1CCNCC1)C(=O)NCC1CCC1. The fourth-order valence-electron chi connectivity index (χ4n) is 2.67. The summed E-state index contributed by atoms with van der Waals surface area (Å²) in [5, 5.41) is 6.48. The topological polar surface area (TPSA) is 44.4 Å². The van der Waals surface area contributed by atoms with Gasteiger partial charge >= 0.3 is 0 Å². The number of nitrogens with one attached hydrogen (secondary N) is 2. The second-order valence-corrected chi connectivity index (χ2v) is 6.42. The summed E-state index contributed by atoms with van der Waals surface area (Å²) in [6.45, 7) is 10.1. The van der Waals surface area contributed by atoms with E-state index < -0.39 is 0 Å². The van der Waals surface area contributed by atoms with E-state index in [0.717, 1.165) is 45.2 Å². The molecule has 4 heteroatoms. The molecule has 0 aromatic heterocycles. The van der Waals surface area contributed by atoms with Crippen LogP contribution < -0.4 is 10.6 Å². The molecule has 0 unspecified atom stereocenters. The third-order valence-corrected chi connectivity index (χ3v) is 4.22. The molecule has 0 atom stereocenters. The van der Waals surface area contributed by atoms with Crippen molar-refractivity contribution < 1.29 is 4.79 Å². The average Bonchev–Trinajstić information content (AvgIpc) is 2.27. The summed E-state index contributed by atoms with van der Waals surface area (Å²) in [5.74, 6) is 0.955. The fraction of sp³-hybridized carbons (Fsp3) is 0.929. The maximum atomic E-state index is 12.2. The number of hydrogen-bond acceptors (Lipinski definition) is 3. The summed E-state index contributed by atoms with van der Waals surface area (Å²) in [6.07, 6.45) is 3.92. The first-order valence-electron chi connectivity index (χ1n) is 7.29. The van der Waals surface area contributed by atoms with E-state index in [4.69, 9.17) is 0 Å². The molecule has 18 heavy (non-hydrogen) atoms. The van der Waals surface area contributed by atoms with Gasteiger partial charge in [0, 0.05) is 39.3 Å². The van der Waals surface area contributed by atoms with Crippen molar-refractivity contribution in [1.82, 2.24) is 15.5 Å². The molecule has 1 saturated heterocycles. The Labute approximate surface area is 110 Å². The van der Waals surface area contributed by atoms with Crippen molar-refractivity contribution in [3.8, 4) is 0 Å². The molecule has 2 aliphatic rings. The Morgan fingerprint density at radius 2 is 2.00 bits per heavy atom. The Bertz CT molecular complexity index is 281. The van der Waals surface area contributed by atoms with E-state index in [-0.39, 0.29) is 11.3 Å². The lowest BCUT2D eigenvalue weighted by Gasteiger charge is -2.35. The fourth-order valence-corrected chi connectivity index (χ4v) is 2.67. The predicted molar refractivity (Wildman–Crippen MR) is 73.4 cm³/mol. The van der Waals surface area contributed by atoms with Crippen LogP contribution in [-0.4, -0.2) is 50.1 Å². The molecule has 1 aliphatic carbocycles. The third kappa shape index (κ3) is 3.69. The normalized spacial score (nSPS) is 22.6. The summed E-state index contributed by atoms with van der Waals surface area (Å²) < 4.78 is 0. The van der Waals surface area contributed by atoms with Crippen LogP contribution in [0, 0.1) is 11.3 Å². The summed E-state index contributed by atoms with van der Waals surface area (Å²) in [7, 11) is 0. The van der Waals surface area contributed by atoms with Crippen LogP contribution in [0.15, 0.2) is 0 Å². The highest BCUT2D eigenvalue weighted by atomic mass is 16.2. The van der Waals surface area contributed by atoms with Crippen molar-refractivity contribution in [3.63, 3.8) is 0 Å². The molecule has 0 aromatic rings. The number of nitrogens with zero attached hydrogens (tertiary/aromatic N) is 1. The minimum Gasteiger partial charge on any atom is -0.355 e. The summed E-state index contributed by atoms with van der Waals surface area (Å²) in [6, 6.07) is 0. The standard InChI is InChI=1S/C14H27N3O/c1-14(2,11-17-8-6-15-7-9-17)13(18)16-10-12-4-3-5-12/h12,15H,3-11H2,1-2H3,(H,16,18). The van der Waals surface area contributed by atoms with Crippen LogP contribution in [0.25, 0.3) is 0 Å². The van der Waals surface area contributed by atoms with Crippen LogP contribution in [0.3, 0.4) is 0 Å². The van der Waals surface area contributed by atoms with Crippen LogP contribution in [-0.2, 0) is 4.79 Å². The number of piperazine rings is 1. The van der Waals surface area contributed by atoms with Crippen molar-refractivity contribution in [2.24, 2.45) is 11.3 Å². The highest BCUT2D eigenvalue weighted by Gasteiger charge is 2.31. The van der Waals surface area contributed by atoms with Crippen molar-refractivity contribution in [3.05, 3.63) is 0 Å². The van der Waals surface area contributed by atoms with Crippen molar-refractivity contribution in [1.29, 1.82) is 0 Å². The maximum absolute atomic E-state index is 12.2. The zero-order chi connectivity index (χ0) is 13.0. The van der Waals surface area contributed by atoms with Gasteiger partial charge in [0.25, 0.3) is 0 Å². The van der Waals surface area contributed by atoms with Crippen molar-refractivity contribution in [2.45, 2.75) is 33.1 Å². The monoisotopic (exact) mass is 253 g/mol. The predicted octanol–water partition coefficient (Wildman–Crippen LogP) is 0.834. The zero-order valence-corrected chi connectivity index (χ0v) is 11.8. The zero-order valence-electron chi connectivity index (χ0n) is 11.8. The van der Waals surface area contributed by atoms with E-state index in [0.29, 0.717) is 0 Å². The molecule has 2 fully saturated rings. The largest absolute Gasteiger partial charge is 0.355 e. The van der Waals surface area contributed by atoms with E-state index in [1.807, 2.05) is 0 Å². The maximum Gasteiger partial charge on any atom is 0.226 e. The van der Waals surface area contributed by atoms with Crippen LogP contribution in [0.2, 0.25) is 0 Å². The minimum absolute atomic E-state index is 0.216. The molecule has 1 heterocycles. The van der Waals surface area contributed by atoms with E-state index in [9.17, 15) is 4.79 Å². The summed E-state index contributed by atoms with van der Waals surface area (Å²) >= 11 is 0. The van der Waals surface area contributed by atoms with E-state index in [1.54, 1.807) is 0 Å². The Morgan fingerprint density at radius 1 is 1.33 bits per heavy atom. The van der Waals surface area contributed by atoms with Crippen LogP contribution in [0.4, 0.5) is 0 Å². The van der Waals surface area contributed by atoms with Gasteiger partial charge in [-0.1, -0.05) is 6.42 Å². The van der Waals surface area contributed by atoms with Gasteiger partial charge in [-0.3, -0.25) is 9.69 Å². The van der Waals surface area contributed by atoms with Gasteiger partial charge in [-0.25, -0.2) is 0 Å². The highest BCUT2D eigenvalue weighted by molar-refractivity contribution is 5.82. The first kappa shape index (κ1) is 13.8. The molecule has 1 aliphatic heterocycles. The lowest BCUT2D eigenvalue weighted by atomic mass is 9.85. The Hall–Kier alpha value is -0.610. The first-order valence-corrected chi connectivity index (χ1v) is 7.29. The Balaban J connectivity index is 1.74. The highest BCUT2D eigenvalue weighted by Crippen LogP contribution is 2.26. The van der Waals surface area contributed by atoms with Gasteiger partial charge in [0.05, 0.1) is 5.41 Å². The molecular weight excluding hydrogens is 226 g/mol. The quantitative estimate of drug-likeness (QED) is 0.763. The molecule has 2 N–H and O–H groups in total. The van der Waals surface area contributed by atoms with Gasteiger partial charge in [-0.05, 0) is 32.6 Å². The molecule has 1 amide bonds. The molecule has 0 spiro atoms. The smallest absolute Gasteiger partial charge is 0.226 e. The molecule has 0 bridgehead atoms. The van der Waals surface area contributed by atoms with E-state index >= 15 is 0 Å². The Kier molecular flexibility index (Phi) is 4.62. The van der Waals surface area contributed by atoms with Crippen LogP contribution >= 0.6 is 0 Å². The second kappa shape index (κ2) is 6.02. The molecule has 104 valence electrons. The van der Waals surface area contributed by atoms with Gasteiger partial charge in [-0.15, -0.1) is 0 Å². The van der Waals surface area contributed by atoms with Gasteiger partial charge in [0.2, 0.25) is 5.91 Å². The number of rotatable bonds is 5. The lowest BCUT2D eigenvalue weighted by molar-refractivity contribution is -0.130. The van der Waals surface area contributed by atoms with Gasteiger partial charge in [0.1, 0.15) is 0 Å². The molecule has 1 saturated carbocycles. The second-order valence-electron chi connectivity index (χ2n) is 6.42. The Morgan fingerprint density at radius 3 is 2.56 bits per heavy atom. The van der Waals surface area contributed by atoms with Crippen molar-refractivity contribution in [2.75, 3.05) is 39.3 Å². The third-order valence-electron chi connectivity index (χ3n) is 4.22. The lowest BCUT2D eigenvalue weighted by Crippen LogP contribution is -2.51. The average molecular weight is 253 g/mol. The number of carbonyl (C=O) groups excluding carboxylic acids is 1. The number of carbonyl (C=O) groups is 1. The summed E-state index contributed by atoms with van der Waals surface area (Å²) in [4.78, 5) is 14.6. The van der Waals surface area contributed by atoms with Crippen LogP contribution in [0.1, 0.15) is 33.1 Å². The van der Waals surface area contributed by atoms with Gasteiger partial charge in [0.15, 0.2) is 0 Å². The molecule has 0 aromatic carbocycles. The van der Waals surface area contributed by atoms with Gasteiger partial charge < -0.3 is 10.6 Å². The molecule has 2 rings (SSSR count). The van der Waals surface area contributed by atoms with E-state index in [2.05, 4.69) is 29.4 Å². The first-order chi connectivity index (χ1) is 8.58. The molecule has 0 radical (unpaired) electrons. The van der Waals surface area contributed by atoms with Crippen molar-refractivity contribution >= 4 is 5.91 Å². The number of hydrogen-bond donors (Lipinski definition) is 2. The molecule has 4 nitrogen and oxygen atoms in total.